The lowest BCUT2D eigenvalue weighted by atomic mass is 10.1. The number of alkyl halides is 3. The molecular formula is C11H14ClF3N4. The molecule has 1 atom stereocenters. The lowest BCUT2D eigenvalue weighted by Crippen LogP contribution is -2.20. The van der Waals surface area contributed by atoms with Gasteiger partial charge in [0.25, 0.3) is 0 Å². The van der Waals surface area contributed by atoms with Gasteiger partial charge in [-0.1, -0.05) is 0 Å². The summed E-state index contributed by atoms with van der Waals surface area (Å²) in [5.74, 6) is 0.523. The molecule has 1 saturated heterocycles. The zero-order valence-electron chi connectivity index (χ0n) is 10.3. The van der Waals surface area contributed by atoms with E-state index in [-0.39, 0.29) is 5.82 Å². The number of rotatable bonds is 3. The maximum absolute atomic E-state index is 12.6. The Kier molecular flexibility index (Phi) is 4.15. The highest BCUT2D eigenvalue weighted by Crippen LogP contribution is 2.29. The van der Waals surface area contributed by atoms with Gasteiger partial charge in [-0.05, 0) is 37.5 Å². The average molecular weight is 295 g/mol. The molecule has 0 amide bonds. The van der Waals surface area contributed by atoms with Crippen molar-refractivity contribution in [3.05, 3.63) is 17.0 Å². The van der Waals surface area contributed by atoms with Gasteiger partial charge in [0.05, 0.1) is 0 Å². The topological polar surface area (TPSA) is 41.0 Å². The molecule has 1 aromatic rings. The normalized spacial score (nSPS) is 20.8. The van der Waals surface area contributed by atoms with E-state index in [1.165, 1.54) is 0 Å². The Labute approximate surface area is 114 Å². The third-order valence-electron chi connectivity index (χ3n) is 3.05. The fourth-order valence-electron chi connectivity index (χ4n) is 2.10. The summed E-state index contributed by atoms with van der Waals surface area (Å²) in [6.45, 7) is 2.51. The van der Waals surface area contributed by atoms with Gasteiger partial charge in [-0.2, -0.15) is 13.2 Å². The standard InChI is InChI=1S/C11H14ClF3N4/c1-19-3-2-7(6-19)5-16-9-4-8(11(13,14)15)17-10(12)18-9/h4,7H,2-3,5-6H2,1H3,(H,16,17,18). The van der Waals surface area contributed by atoms with Crippen molar-refractivity contribution < 1.29 is 13.2 Å². The number of anilines is 1. The molecule has 2 heterocycles. The number of hydrogen-bond donors (Lipinski definition) is 1. The van der Waals surface area contributed by atoms with Crippen LogP contribution in [0.5, 0.6) is 0 Å². The first kappa shape index (κ1) is 14.3. The van der Waals surface area contributed by atoms with Crippen LogP contribution < -0.4 is 5.32 Å². The monoisotopic (exact) mass is 294 g/mol. The molecule has 0 bridgehead atoms. The van der Waals surface area contributed by atoms with Crippen LogP contribution in [0.4, 0.5) is 19.0 Å². The van der Waals surface area contributed by atoms with Crippen molar-refractivity contribution in [1.29, 1.82) is 0 Å². The number of nitrogens with one attached hydrogen (secondary N) is 1. The molecule has 0 radical (unpaired) electrons. The van der Waals surface area contributed by atoms with Crippen molar-refractivity contribution in [1.82, 2.24) is 14.9 Å². The predicted molar refractivity (Wildman–Crippen MR) is 66.1 cm³/mol. The first-order chi connectivity index (χ1) is 8.84. The number of nitrogens with zero attached hydrogens (tertiary/aromatic N) is 3. The number of halogens is 4. The molecule has 0 spiro atoms. The highest BCUT2D eigenvalue weighted by Gasteiger charge is 2.33. The highest BCUT2D eigenvalue weighted by molar-refractivity contribution is 6.28. The molecule has 0 aliphatic carbocycles. The van der Waals surface area contributed by atoms with Gasteiger partial charge in [-0.3, -0.25) is 0 Å². The molecule has 1 N–H and O–H groups in total. The van der Waals surface area contributed by atoms with Crippen molar-refractivity contribution in [3.63, 3.8) is 0 Å². The molecule has 1 aliphatic rings. The van der Waals surface area contributed by atoms with Crippen molar-refractivity contribution in [2.24, 2.45) is 5.92 Å². The Hall–Kier alpha value is -1.08. The third kappa shape index (κ3) is 3.94. The van der Waals surface area contributed by atoms with E-state index in [9.17, 15) is 13.2 Å². The molecular weight excluding hydrogens is 281 g/mol. The maximum atomic E-state index is 12.6. The van der Waals surface area contributed by atoms with E-state index in [1.54, 1.807) is 0 Å². The first-order valence-electron chi connectivity index (χ1n) is 5.89. The largest absolute Gasteiger partial charge is 0.433 e. The van der Waals surface area contributed by atoms with Gasteiger partial charge in [0.2, 0.25) is 5.28 Å². The van der Waals surface area contributed by atoms with Crippen LogP contribution >= 0.6 is 11.6 Å². The van der Waals surface area contributed by atoms with Crippen molar-refractivity contribution in [2.45, 2.75) is 12.6 Å². The lowest BCUT2D eigenvalue weighted by Gasteiger charge is -2.13. The minimum atomic E-state index is -4.52. The Morgan fingerprint density at radius 3 is 2.79 bits per heavy atom. The molecule has 0 aromatic carbocycles. The first-order valence-corrected chi connectivity index (χ1v) is 6.26. The summed E-state index contributed by atoms with van der Waals surface area (Å²) in [6, 6.07) is 0.880. The average Bonchev–Trinajstić information content (AvgIpc) is 2.71. The van der Waals surface area contributed by atoms with Gasteiger partial charge in [-0.15, -0.1) is 0 Å². The van der Waals surface area contributed by atoms with E-state index in [4.69, 9.17) is 11.6 Å². The minimum absolute atomic E-state index is 0.113. The van der Waals surface area contributed by atoms with Crippen molar-refractivity contribution in [3.8, 4) is 0 Å². The van der Waals surface area contributed by atoms with Gasteiger partial charge in [0.15, 0.2) is 5.69 Å². The molecule has 2 rings (SSSR count). The Morgan fingerprint density at radius 1 is 1.47 bits per heavy atom. The van der Waals surface area contributed by atoms with Gasteiger partial charge in [0.1, 0.15) is 5.82 Å². The highest BCUT2D eigenvalue weighted by atomic mass is 35.5. The SMILES string of the molecule is CN1CCC(CNc2cc(C(F)(F)F)nc(Cl)n2)C1. The van der Waals surface area contributed by atoms with Crippen molar-refractivity contribution in [2.75, 3.05) is 32.0 Å². The van der Waals surface area contributed by atoms with Crippen LogP contribution in [0.15, 0.2) is 6.07 Å². The van der Waals surface area contributed by atoms with E-state index in [0.29, 0.717) is 12.5 Å². The van der Waals surface area contributed by atoms with E-state index < -0.39 is 17.2 Å². The van der Waals surface area contributed by atoms with Gasteiger partial charge in [0, 0.05) is 19.2 Å². The molecule has 1 aliphatic heterocycles. The van der Waals surface area contributed by atoms with Crippen LogP contribution in [-0.2, 0) is 6.18 Å². The summed E-state index contributed by atoms with van der Waals surface area (Å²) in [6.07, 6.45) is -3.50. The summed E-state index contributed by atoms with van der Waals surface area (Å²) in [5, 5.41) is 2.50. The quantitative estimate of drug-likeness (QED) is 0.870. The molecule has 106 valence electrons. The van der Waals surface area contributed by atoms with E-state index >= 15 is 0 Å². The van der Waals surface area contributed by atoms with Crippen LogP contribution in [0.2, 0.25) is 5.28 Å². The third-order valence-corrected chi connectivity index (χ3v) is 3.22. The second kappa shape index (κ2) is 5.50. The summed E-state index contributed by atoms with van der Waals surface area (Å²) in [5.41, 5.74) is -1.03. The minimum Gasteiger partial charge on any atom is -0.370 e. The van der Waals surface area contributed by atoms with Crippen LogP contribution in [-0.4, -0.2) is 41.5 Å². The molecule has 1 fully saturated rings. The van der Waals surface area contributed by atoms with Gasteiger partial charge >= 0.3 is 6.18 Å². The van der Waals surface area contributed by atoms with Crippen LogP contribution in [0.25, 0.3) is 0 Å². The second-order valence-corrected chi connectivity index (χ2v) is 5.04. The molecule has 8 heteroatoms. The molecule has 19 heavy (non-hydrogen) atoms. The van der Waals surface area contributed by atoms with Crippen LogP contribution in [0.1, 0.15) is 12.1 Å². The number of hydrogen-bond acceptors (Lipinski definition) is 4. The van der Waals surface area contributed by atoms with Crippen LogP contribution in [0, 0.1) is 5.92 Å². The molecule has 4 nitrogen and oxygen atoms in total. The van der Waals surface area contributed by atoms with Crippen molar-refractivity contribution >= 4 is 17.4 Å². The maximum Gasteiger partial charge on any atom is 0.433 e. The van der Waals surface area contributed by atoms with Gasteiger partial charge in [-0.25, -0.2) is 9.97 Å². The van der Waals surface area contributed by atoms with E-state index in [1.807, 2.05) is 7.05 Å². The fraction of sp³-hybridized carbons (Fsp3) is 0.636. The zero-order valence-corrected chi connectivity index (χ0v) is 11.1. The number of likely N-dealkylation sites (tertiary alicyclic amines) is 1. The summed E-state index contributed by atoms with van der Waals surface area (Å²) in [7, 11) is 2.02. The Balaban J connectivity index is 2.02. The number of aromatic nitrogens is 2. The summed E-state index contributed by atoms with van der Waals surface area (Å²) < 4.78 is 37.7. The Bertz CT molecular complexity index is 452. The second-order valence-electron chi connectivity index (χ2n) is 4.70. The Morgan fingerprint density at radius 2 is 2.21 bits per heavy atom. The van der Waals surface area contributed by atoms with E-state index in [0.717, 1.165) is 25.6 Å². The zero-order chi connectivity index (χ0) is 14.0. The predicted octanol–water partition coefficient (Wildman–Crippen LogP) is 2.51. The molecule has 0 saturated carbocycles. The summed E-state index contributed by atoms with van der Waals surface area (Å²) in [4.78, 5) is 9.12. The fourth-order valence-corrected chi connectivity index (χ4v) is 2.28. The molecule has 1 aromatic heterocycles. The smallest absolute Gasteiger partial charge is 0.370 e. The lowest BCUT2D eigenvalue weighted by molar-refractivity contribution is -0.141. The van der Waals surface area contributed by atoms with Gasteiger partial charge < -0.3 is 10.2 Å². The van der Waals surface area contributed by atoms with E-state index in [2.05, 4.69) is 20.2 Å². The summed E-state index contributed by atoms with van der Waals surface area (Å²) >= 11 is 5.50. The molecule has 1 unspecified atom stereocenters. The van der Waals surface area contributed by atoms with Crippen LogP contribution in [0.3, 0.4) is 0 Å².